The lowest BCUT2D eigenvalue weighted by molar-refractivity contribution is 0.332. The molecule has 1 rings (SSSR count). The summed E-state index contributed by atoms with van der Waals surface area (Å²) < 4.78 is 5.15. The molecule has 0 fully saturated rings. The predicted molar refractivity (Wildman–Crippen MR) is 63.1 cm³/mol. The number of hydrogen-bond acceptors (Lipinski definition) is 5. The summed E-state index contributed by atoms with van der Waals surface area (Å²) in [5, 5.41) is 7.25. The summed E-state index contributed by atoms with van der Waals surface area (Å²) in [4.78, 5) is 6.42. The van der Waals surface area contributed by atoms with Crippen molar-refractivity contribution < 1.29 is 4.52 Å². The van der Waals surface area contributed by atoms with E-state index < -0.39 is 0 Å². The normalized spacial score (nSPS) is 12.4. The minimum atomic E-state index is 0.0677. The molecule has 5 nitrogen and oxygen atoms in total. The van der Waals surface area contributed by atoms with Gasteiger partial charge in [-0.25, -0.2) is 0 Å². The van der Waals surface area contributed by atoms with Crippen LogP contribution in [0, 0.1) is 0 Å². The lowest BCUT2D eigenvalue weighted by Gasteiger charge is -2.18. The largest absolute Gasteiger partial charge is 0.338 e. The number of nitrogens with one attached hydrogen (secondary N) is 1. The first-order valence-corrected chi connectivity index (χ1v) is 5.58. The Morgan fingerprint density at radius 2 is 2.00 bits per heavy atom. The molecule has 0 aliphatic carbocycles. The van der Waals surface area contributed by atoms with E-state index in [0.717, 1.165) is 18.8 Å². The Kier molecular flexibility index (Phi) is 4.44. The van der Waals surface area contributed by atoms with Gasteiger partial charge < -0.3 is 14.7 Å². The lowest BCUT2D eigenvalue weighted by Crippen LogP contribution is -2.35. The zero-order chi connectivity index (χ0) is 12.2. The Hall–Kier alpha value is -0.940. The maximum atomic E-state index is 5.15. The van der Waals surface area contributed by atoms with Crippen LogP contribution in [0.15, 0.2) is 4.52 Å². The van der Waals surface area contributed by atoms with E-state index >= 15 is 0 Å². The maximum Gasteiger partial charge on any atom is 0.240 e. The Bertz CT molecular complexity index is 314. The number of likely N-dealkylation sites (N-methyl/N-ethyl adjacent to an activating group) is 1. The Morgan fingerprint density at radius 3 is 2.56 bits per heavy atom. The summed E-state index contributed by atoms with van der Waals surface area (Å²) >= 11 is 0. The molecule has 0 aliphatic heterocycles. The molecule has 0 saturated heterocycles. The van der Waals surface area contributed by atoms with Gasteiger partial charge in [-0.3, -0.25) is 0 Å². The lowest BCUT2D eigenvalue weighted by atomic mass is 10.1. The topological polar surface area (TPSA) is 54.2 Å². The van der Waals surface area contributed by atoms with E-state index in [1.807, 2.05) is 14.1 Å². The molecule has 0 radical (unpaired) electrons. The molecule has 1 aromatic heterocycles. The standard InChI is InChI=1S/C11H22N4O/c1-11(2,3)12-8-10-13-9(14-16-10)6-7-15(4)5/h12H,6-8H2,1-5H3. The summed E-state index contributed by atoms with van der Waals surface area (Å²) in [6.07, 6.45) is 0.825. The molecule has 0 unspecified atom stereocenters. The fourth-order valence-corrected chi connectivity index (χ4v) is 1.13. The van der Waals surface area contributed by atoms with Crippen molar-refractivity contribution in [1.29, 1.82) is 0 Å². The number of rotatable bonds is 5. The molecule has 1 heterocycles. The van der Waals surface area contributed by atoms with Crippen molar-refractivity contribution in [1.82, 2.24) is 20.4 Å². The average molecular weight is 226 g/mol. The first kappa shape index (κ1) is 13.1. The predicted octanol–water partition coefficient (Wildman–Crippen LogP) is 1.06. The minimum Gasteiger partial charge on any atom is -0.338 e. The number of hydrogen-bond donors (Lipinski definition) is 1. The van der Waals surface area contributed by atoms with Crippen LogP contribution in [-0.2, 0) is 13.0 Å². The van der Waals surface area contributed by atoms with Crippen LogP contribution in [0.2, 0.25) is 0 Å². The molecule has 5 heteroatoms. The maximum absolute atomic E-state index is 5.15. The molecule has 0 aromatic carbocycles. The number of nitrogens with zero attached hydrogens (tertiary/aromatic N) is 3. The van der Waals surface area contributed by atoms with Crippen LogP contribution < -0.4 is 5.32 Å². The molecular weight excluding hydrogens is 204 g/mol. The highest BCUT2D eigenvalue weighted by Gasteiger charge is 2.12. The highest BCUT2D eigenvalue weighted by atomic mass is 16.5. The molecule has 1 N–H and O–H groups in total. The van der Waals surface area contributed by atoms with Gasteiger partial charge in [0.2, 0.25) is 5.89 Å². The molecule has 0 saturated carbocycles. The third kappa shape index (κ3) is 5.23. The first-order chi connectivity index (χ1) is 7.37. The van der Waals surface area contributed by atoms with Crippen molar-refractivity contribution in [2.75, 3.05) is 20.6 Å². The Labute approximate surface area is 97.2 Å². The second-order valence-electron chi connectivity index (χ2n) is 5.26. The van der Waals surface area contributed by atoms with Crippen LogP contribution in [0.4, 0.5) is 0 Å². The van der Waals surface area contributed by atoms with Crippen molar-refractivity contribution in [2.45, 2.75) is 39.3 Å². The van der Waals surface area contributed by atoms with E-state index in [-0.39, 0.29) is 5.54 Å². The summed E-state index contributed by atoms with van der Waals surface area (Å²) in [7, 11) is 4.06. The van der Waals surface area contributed by atoms with Gasteiger partial charge in [0.05, 0.1) is 6.54 Å². The highest BCUT2D eigenvalue weighted by molar-refractivity contribution is 4.88. The number of aromatic nitrogens is 2. The first-order valence-electron chi connectivity index (χ1n) is 5.58. The molecule has 92 valence electrons. The van der Waals surface area contributed by atoms with E-state index in [2.05, 4.69) is 41.1 Å². The summed E-state index contributed by atoms with van der Waals surface area (Å²) in [5.41, 5.74) is 0.0677. The smallest absolute Gasteiger partial charge is 0.240 e. The van der Waals surface area contributed by atoms with Crippen molar-refractivity contribution in [2.24, 2.45) is 0 Å². The molecular formula is C11H22N4O. The van der Waals surface area contributed by atoms with Crippen molar-refractivity contribution in [3.63, 3.8) is 0 Å². The van der Waals surface area contributed by atoms with Crippen LogP contribution in [0.5, 0.6) is 0 Å². The minimum absolute atomic E-state index is 0.0677. The van der Waals surface area contributed by atoms with E-state index in [1.54, 1.807) is 0 Å². The van der Waals surface area contributed by atoms with Crippen molar-refractivity contribution in [3.05, 3.63) is 11.7 Å². The van der Waals surface area contributed by atoms with E-state index in [0.29, 0.717) is 12.4 Å². The van der Waals surface area contributed by atoms with Gasteiger partial charge in [-0.15, -0.1) is 0 Å². The van der Waals surface area contributed by atoms with Crippen LogP contribution in [0.3, 0.4) is 0 Å². The molecule has 0 spiro atoms. The van der Waals surface area contributed by atoms with Gasteiger partial charge in [-0.05, 0) is 34.9 Å². The highest BCUT2D eigenvalue weighted by Crippen LogP contribution is 2.03. The Balaban J connectivity index is 2.39. The van der Waals surface area contributed by atoms with Crippen LogP contribution >= 0.6 is 0 Å². The molecule has 16 heavy (non-hydrogen) atoms. The second-order valence-corrected chi connectivity index (χ2v) is 5.26. The van der Waals surface area contributed by atoms with E-state index in [4.69, 9.17) is 4.52 Å². The van der Waals surface area contributed by atoms with Gasteiger partial charge in [0, 0.05) is 18.5 Å². The molecule has 1 aromatic rings. The molecule has 0 bridgehead atoms. The molecule has 0 atom stereocenters. The van der Waals surface area contributed by atoms with Gasteiger partial charge in [0.15, 0.2) is 5.82 Å². The van der Waals surface area contributed by atoms with Crippen molar-refractivity contribution >= 4 is 0 Å². The quantitative estimate of drug-likeness (QED) is 0.813. The zero-order valence-electron chi connectivity index (χ0n) is 10.9. The zero-order valence-corrected chi connectivity index (χ0v) is 10.9. The van der Waals surface area contributed by atoms with Crippen LogP contribution in [0.1, 0.15) is 32.5 Å². The monoisotopic (exact) mass is 226 g/mol. The van der Waals surface area contributed by atoms with Gasteiger partial charge >= 0.3 is 0 Å². The van der Waals surface area contributed by atoms with Gasteiger partial charge in [0.25, 0.3) is 0 Å². The average Bonchev–Trinajstić information content (AvgIpc) is 2.58. The molecule has 0 aliphatic rings. The van der Waals surface area contributed by atoms with Gasteiger partial charge in [0.1, 0.15) is 0 Å². The fraction of sp³-hybridized carbons (Fsp3) is 0.818. The van der Waals surface area contributed by atoms with Crippen molar-refractivity contribution in [3.8, 4) is 0 Å². The van der Waals surface area contributed by atoms with Gasteiger partial charge in [-0.1, -0.05) is 5.16 Å². The summed E-state index contributed by atoms with van der Waals surface area (Å²) in [6.45, 7) is 7.88. The summed E-state index contributed by atoms with van der Waals surface area (Å²) in [5.74, 6) is 1.43. The Morgan fingerprint density at radius 1 is 1.31 bits per heavy atom. The third-order valence-electron chi connectivity index (χ3n) is 2.06. The van der Waals surface area contributed by atoms with E-state index in [1.165, 1.54) is 0 Å². The van der Waals surface area contributed by atoms with Gasteiger partial charge in [-0.2, -0.15) is 4.98 Å². The third-order valence-corrected chi connectivity index (χ3v) is 2.06. The van der Waals surface area contributed by atoms with Crippen LogP contribution in [-0.4, -0.2) is 41.2 Å². The second kappa shape index (κ2) is 5.41. The molecule has 0 amide bonds. The summed E-state index contributed by atoms with van der Waals surface area (Å²) in [6, 6.07) is 0. The fourth-order valence-electron chi connectivity index (χ4n) is 1.13. The van der Waals surface area contributed by atoms with Crippen LogP contribution in [0.25, 0.3) is 0 Å². The SMILES string of the molecule is CN(C)CCc1noc(CNC(C)(C)C)n1. The van der Waals surface area contributed by atoms with E-state index in [9.17, 15) is 0 Å².